The molecule has 7 heteroatoms. The maximum absolute atomic E-state index is 13.7. The van der Waals surface area contributed by atoms with E-state index in [4.69, 9.17) is 20.8 Å². The Kier molecular flexibility index (Phi) is 5.51. The van der Waals surface area contributed by atoms with Crippen molar-refractivity contribution in [2.24, 2.45) is 0 Å². The molecule has 0 bridgehead atoms. The lowest BCUT2D eigenvalue weighted by Crippen LogP contribution is -2.29. The molecule has 1 aliphatic rings. The van der Waals surface area contributed by atoms with Crippen molar-refractivity contribution in [3.05, 3.63) is 103 Å². The van der Waals surface area contributed by atoms with Crippen LogP contribution in [0.2, 0.25) is 5.02 Å². The average molecular weight is 525 g/mol. The molecule has 0 spiro atoms. The predicted octanol–water partition coefficient (Wildman–Crippen LogP) is 6.67. The molecular weight excluding hydrogens is 506 g/mol. The molecule has 1 unspecified atom stereocenters. The second kappa shape index (κ2) is 8.36. The smallest absolute Gasteiger partial charge is 0.295 e. The summed E-state index contributed by atoms with van der Waals surface area (Å²) in [6.07, 6.45) is 0. The Balaban J connectivity index is 1.77. The van der Waals surface area contributed by atoms with Crippen LogP contribution in [0.15, 0.2) is 74.3 Å². The van der Waals surface area contributed by atoms with Crippen molar-refractivity contribution in [3.63, 3.8) is 0 Å². The lowest BCUT2D eigenvalue weighted by atomic mass is 9.98. The van der Waals surface area contributed by atoms with Crippen LogP contribution in [0.5, 0.6) is 5.75 Å². The number of carbonyl (C=O) groups is 1. The number of benzene rings is 3. The van der Waals surface area contributed by atoms with Gasteiger partial charge in [-0.25, -0.2) is 0 Å². The lowest BCUT2D eigenvalue weighted by molar-refractivity contribution is 0.0971. The molecule has 1 amide bonds. The zero-order valence-corrected chi connectivity index (χ0v) is 20.2. The number of fused-ring (bicyclic) bond motifs is 2. The molecule has 4 aromatic rings. The lowest BCUT2D eigenvalue weighted by Gasteiger charge is -2.25. The molecule has 3 aromatic carbocycles. The van der Waals surface area contributed by atoms with E-state index in [-0.39, 0.29) is 17.1 Å². The van der Waals surface area contributed by atoms with Crippen molar-refractivity contribution >= 4 is 50.1 Å². The fourth-order valence-electron chi connectivity index (χ4n) is 4.17. The van der Waals surface area contributed by atoms with Gasteiger partial charge in [-0.15, -0.1) is 0 Å². The molecule has 0 radical (unpaired) electrons. The van der Waals surface area contributed by atoms with Gasteiger partial charge in [-0.3, -0.25) is 14.5 Å². The monoisotopic (exact) mass is 523 g/mol. The number of amides is 1. The predicted molar refractivity (Wildman–Crippen MR) is 133 cm³/mol. The molecular formula is C26H19BrClNO4. The van der Waals surface area contributed by atoms with Crippen molar-refractivity contribution in [1.82, 2.24) is 0 Å². The third-order valence-corrected chi connectivity index (χ3v) is 6.67. The van der Waals surface area contributed by atoms with Gasteiger partial charge in [-0.1, -0.05) is 45.7 Å². The van der Waals surface area contributed by atoms with Crippen molar-refractivity contribution in [1.29, 1.82) is 0 Å². The van der Waals surface area contributed by atoms with E-state index in [1.807, 2.05) is 50.2 Å². The topological polar surface area (TPSA) is 59.8 Å². The first-order valence-electron chi connectivity index (χ1n) is 10.5. The van der Waals surface area contributed by atoms with E-state index >= 15 is 0 Å². The molecule has 0 aliphatic carbocycles. The minimum Gasteiger partial charge on any atom is -0.494 e. The molecule has 5 rings (SSSR count). The number of hydrogen-bond donors (Lipinski definition) is 0. The first-order chi connectivity index (χ1) is 15.9. The van der Waals surface area contributed by atoms with Gasteiger partial charge in [0.2, 0.25) is 5.76 Å². The Bertz CT molecular complexity index is 1460. The van der Waals surface area contributed by atoms with Crippen molar-refractivity contribution in [3.8, 4) is 5.75 Å². The fourth-order valence-corrected chi connectivity index (χ4v) is 4.71. The number of aryl methyl sites for hydroxylation is 1. The van der Waals surface area contributed by atoms with Crippen LogP contribution in [-0.4, -0.2) is 12.5 Å². The third-order valence-electron chi connectivity index (χ3n) is 5.77. The van der Waals surface area contributed by atoms with Gasteiger partial charge >= 0.3 is 0 Å². The number of ether oxygens (including phenoxy) is 1. The van der Waals surface area contributed by atoms with E-state index < -0.39 is 6.04 Å². The SMILES string of the molecule is CCOc1ccc(C2c3c(oc4ccc(Br)cc4c3=O)C(=O)N2c2ccc(C)c(Cl)c2)cc1. The van der Waals surface area contributed by atoms with Gasteiger partial charge in [-0.2, -0.15) is 0 Å². The summed E-state index contributed by atoms with van der Waals surface area (Å²) >= 11 is 9.81. The van der Waals surface area contributed by atoms with Gasteiger partial charge in [0.15, 0.2) is 5.43 Å². The highest BCUT2D eigenvalue weighted by molar-refractivity contribution is 9.10. The van der Waals surface area contributed by atoms with Gasteiger partial charge in [-0.05, 0) is 67.4 Å². The van der Waals surface area contributed by atoms with Crippen LogP contribution in [0.25, 0.3) is 11.0 Å². The van der Waals surface area contributed by atoms with Crippen LogP contribution in [0.4, 0.5) is 5.69 Å². The van der Waals surface area contributed by atoms with Gasteiger partial charge < -0.3 is 9.15 Å². The highest BCUT2D eigenvalue weighted by atomic mass is 79.9. The second-order valence-corrected chi connectivity index (χ2v) is 9.15. The zero-order valence-electron chi connectivity index (χ0n) is 17.9. The van der Waals surface area contributed by atoms with Crippen molar-refractivity contribution in [2.45, 2.75) is 19.9 Å². The summed E-state index contributed by atoms with van der Waals surface area (Å²) in [5, 5.41) is 0.950. The van der Waals surface area contributed by atoms with Crippen LogP contribution in [0.3, 0.4) is 0 Å². The summed E-state index contributed by atoms with van der Waals surface area (Å²) in [6, 6.07) is 17.3. The molecule has 0 saturated heterocycles. The molecule has 5 nitrogen and oxygen atoms in total. The maximum atomic E-state index is 13.7. The quantitative estimate of drug-likeness (QED) is 0.299. The van der Waals surface area contributed by atoms with Crippen LogP contribution in [0.1, 0.15) is 40.2 Å². The Labute approximate surface area is 203 Å². The van der Waals surface area contributed by atoms with E-state index in [1.165, 1.54) is 0 Å². The summed E-state index contributed by atoms with van der Waals surface area (Å²) in [6.45, 7) is 4.35. The largest absolute Gasteiger partial charge is 0.494 e. The van der Waals surface area contributed by atoms with Gasteiger partial charge in [0.05, 0.1) is 23.6 Å². The van der Waals surface area contributed by atoms with Gasteiger partial charge in [0.1, 0.15) is 11.3 Å². The standard InChI is InChI=1S/C26H19BrClNO4/c1-3-32-18-9-5-15(6-10-18)23-22-24(30)19-12-16(27)7-11-21(19)33-25(22)26(31)29(23)17-8-4-14(2)20(28)13-17/h4-13,23H,3H2,1-2H3. The summed E-state index contributed by atoms with van der Waals surface area (Å²) in [5.41, 5.74) is 2.69. The Morgan fingerprint density at radius 1 is 1.06 bits per heavy atom. The minimum absolute atomic E-state index is 0.0467. The number of hydrogen-bond acceptors (Lipinski definition) is 4. The molecule has 0 saturated carbocycles. The highest BCUT2D eigenvalue weighted by Gasteiger charge is 2.43. The van der Waals surface area contributed by atoms with E-state index in [0.717, 1.165) is 15.6 Å². The first-order valence-corrected chi connectivity index (χ1v) is 11.6. The second-order valence-electron chi connectivity index (χ2n) is 7.83. The normalized spacial score (nSPS) is 15.2. The molecule has 1 atom stereocenters. The van der Waals surface area contributed by atoms with Crippen LogP contribution >= 0.6 is 27.5 Å². The molecule has 1 aliphatic heterocycles. The molecule has 0 fully saturated rings. The Hall–Kier alpha value is -3.09. The molecule has 1 aromatic heterocycles. The zero-order chi connectivity index (χ0) is 23.3. The highest BCUT2D eigenvalue weighted by Crippen LogP contribution is 2.42. The summed E-state index contributed by atoms with van der Waals surface area (Å²) in [4.78, 5) is 28.9. The van der Waals surface area contributed by atoms with E-state index in [0.29, 0.717) is 39.6 Å². The average Bonchev–Trinajstić information content (AvgIpc) is 3.09. The van der Waals surface area contributed by atoms with Crippen LogP contribution < -0.4 is 15.1 Å². The molecule has 166 valence electrons. The first kappa shape index (κ1) is 21.7. The fraction of sp³-hybridized carbons (Fsp3) is 0.154. The number of rotatable bonds is 4. The van der Waals surface area contributed by atoms with Crippen LogP contribution in [-0.2, 0) is 0 Å². The van der Waals surface area contributed by atoms with E-state index in [2.05, 4.69) is 15.9 Å². The number of nitrogens with zero attached hydrogens (tertiary/aromatic N) is 1. The molecule has 0 N–H and O–H groups in total. The molecule has 2 heterocycles. The summed E-state index contributed by atoms with van der Waals surface area (Å²) < 4.78 is 12.3. The van der Waals surface area contributed by atoms with Gasteiger partial charge in [0.25, 0.3) is 5.91 Å². The van der Waals surface area contributed by atoms with E-state index in [1.54, 1.807) is 29.2 Å². The van der Waals surface area contributed by atoms with Crippen LogP contribution in [0, 0.1) is 6.92 Å². The third kappa shape index (κ3) is 3.63. The molecule has 33 heavy (non-hydrogen) atoms. The van der Waals surface area contributed by atoms with E-state index in [9.17, 15) is 9.59 Å². The summed E-state index contributed by atoms with van der Waals surface area (Å²) in [7, 11) is 0. The Morgan fingerprint density at radius 3 is 2.52 bits per heavy atom. The number of carbonyl (C=O) groups excluding carboxylic acids is 1. The number of anilines is 1. The Morgan fingerprint density at radius 2 is 1.82 bits per heavy atom. The van der Waals surface area contributed by atoms with Crippen molar-refractivity contribution in [2.75, 3.05) is 11.5 Å². The minimum atomic E-state index is -0.665. The maximum Gasteiger partial charge on any atom is 0.295 e. The summed E-state index contributed by atoms with van der Waals surface area (Å²) in [5.74, 6) is 0.376. The van der Waals surface area contributed by atoms with Crippen molar-refractivity contribution < 1.29 is 13.9 Å². The number of halogens is 2. The van der Waals surface area contributed by atoms with Gasteiger partial charge in [0, 0.05) is 15.2 Å².